The van der Waals surface area contributed by atoms with Gasteiger partial charge in [-0.15, -0.1) is 0 Å². The van der Waals surface area contributed by atoms with Crippen molar-refractivity contribution in [2.75, 3.05) is 38.8 Å². The van der Waals surface area contributed by atoms with Crippen molar-refractivity contribution in [2.45, 2.75) is 25.5 Å². The van der Waals surface area contributed by atoms with Crippen LogP contribution in [-0.2, 0) is 9.53 Å². The number of carbonyl (C=O) groups is 1. The highest BCUT2D eigenvalue weighted by Gasteiger charge is 2.21. The van der Waals surface area contributed by atoms with Crippen LogP contribution in [0.15, 0.2) is 0 Å². The first-order chi connectivity index (χ1) is 7.93. The summed E-state index contributed by atoms with van der Waals surface area (Å²) in [7, 11) is 1.59. The minimum atomic E-state index is -0.791. The molecule has 0 aromatic rings. The Balaban J connectivity index is 3.84. The molecule has 0 radical (unpaired) electrons. The molecular weight excluding hydrogens is 240 g/mol. The first-order valence-electron chi connectivity index (χ1n) is 5.64. The van der Waals surface area contributed by atoms with Crippen molar-refractivity contribution in [3.8, 4) is 0 Å². The highest BCUT2D eigenvalue weighted by Crippen LogP contribution is 2.09. The molecule has 0 fully saturated rings. The van der Waals surface area contributed by atoms with Gasteiger partial charge < -0.3 is 20.5 Å². The SMILES string of the molecule is COCCNC(=O)C(C)NCC(C)(O)CSC. The molecule has 0 saturated carbocycles. The summed E-state index contributed by atoms with van der Waals surface area (Å²) in [5.41, 5.74) is -0.791. The second-order valence-corrected chi connectivity index (χ2v) is 5.18. The van der Waals surface area contributed by atoms with Crippen molar-refractivity contribution in [2.24, 2.45) is 0 Å². The number of ether oxygens (including phenoxy) is 1. The standard InChI is InChI=1S/C11H24N2O3S/c1-9(10(14)12-5-6-16-3)13-7-11(2,15)8-17-4/h9,13,15H,5-8H2,1-4H3,(H,12,14). The van der Waals surface area contributed by atoms with Gasteiger partial charge in [-0.25, -0.2) is 0 Å². The Morgan fingerprint density at radius 1 is 1.59 bits per heavy atom. The van der Waals surface area contributed by atoms with Gasteiger partial charge in [0.25, 0.3) is 0 Å². The van der Waals surface area contributed by atoms with E-state index in [1.807, 2.05) is 6.26 Å². The summed E-state index contributed by atoms with van der Waals surface area (Å²) in [4.78, 5) is 11.6. The zero-order chi connectivity index (χ0) is 13.3. The van der Waals surface area contributed by atoms with Crippen LogP contribution in [0, 0.1) is 0 Å². The topological polar surface area (TPSA) is 70.6 Å². The zero-order valence-corrected chi connectivity index (χ0v) is 11.9. The maximum Gasteiger partial charge on any atom is 0.236 e. The average molecular weight is 264 g/mol. The van der Waals surface area contributed by atoms with Crippen molar-refractivity contribution in [1.29, 1.82) is 0 Å². The van der Waals surface area contributed by atoms with E-state index in [4.69, 9.17) is 4.74 Å². The lowest BCUT2D eigenvalue weighted by Crippen LogP contribution is -2.49. The number of amides is 1. The summed E-state index contributed by atoms with van der Waals surface area (Å²) in [5, 5.41) is 15.7. The summed E-state index contributed by atoms with van der Waals surface area (Å²) in [6, 6.07) is -0.319. The van der Waals surface area contributed by atoms with E-state index in [1.165, 1.54) is 0 Å². The van der Waals surface area contributed by atoms with Crippen molar-refractivity contribution >= 4 is 17.7 Å². The summed E-state index contributed by atoms with van der Waals surface area (Å²) in [6.07, 6.45) is 1.94. The van der Waals surface area contributed by atoms with Gasteiger partial charge in [-0.2, -0.15) is 11.8 Å². The third-order valence-corrected chi connectivity index (χ3v) is 3.15. The normalized spacial score (nSPS) is 16.3. The number of aliphatic hydroxyl groups is 1. The van der Waals surface area contributed by atoms with E-state index < -0.39 is 5.60 Å². The van der Waals surface area contributed by atoms with Crippen LogP contribution in [0.25, 0.3) is 0 Å². The molecule has 0 aliphatic rings. The third-order valence-electron chi connectivity index (χ3n) is 2.24. The van der Waals surface area contributed by atoms with Crippen LogP contribution >= 0.6 is 11.8 Å². The molecule has 0 rings (SSSR count). The zero-order valence-electron chi connectivity index (χ0n) is 11.1. The number of rotatable bonds is 9. The molecule has 1 amide bonds. The van der Waals surface area contributed by atoms with Gasteiger partial charge in [0.1, 0.15) is 0 Å². The van der Waals surface area contributed by atoms with Crippen LogP contribution < -0.4 is 10.6 Å². The molecule has 2 unspecified atom stereocenters. The van der Waals surface area contributed by atoms with Gasteiger partial charge in [0.05, 0.1) is 18.2 Å². The van der Waals surface area contributed by atoms with Gasteiger partial charge in [-0.1, -0.05) is 0 Å². The van der Waals surface area contributed by atoms with Gasteiger partial charge in [0, 0.05) is 26.0 Å². The molecule has 17 heavy (non-hydrogen) atoms. The molecule has 0 aromatic carbocycles. The second kappa shape index (κ2) is 8.74. The van der Waals surface area contributed by atoms with E-state index in [2.05, 4.69) is 10.6 Å². The Hall–Kier alpha value is -0.300. The Kier molecular flexibility index (Phi) is 8.59. The predicted octanol–water partition coefficient (Wildman–Crippen LogP) is -0.159. The Morgan fingerprint density at radius 3 is 2.76 bits per heavy atom. The first kappa shape index (κ1) is 16.7. The van der Waals surface area contributed by atoms with E-state index in [0.29, 0.717) is 25.4 Å². The fraction of sp³-hybridized carbons (Fsp3) is 0.909. The van der Waals surface area contributed by atoms with Gasteiger partial charge in [-0.3, -0.25) is 4.79 Å². The molecule has 0 saturated heterocycles. The number of carbonyl (C=O) groups excluding carboxylic acids is 1. The van der Waals surface area contributed by atoms with E-state index in [0.717, 1.165) is 0 Å². The lowest BCUT2D eigenvalue weighted by atomic mass is 10.1. The van der Waals surface area contributed by atoms with Crippen LogP contribution in [0.1, 0.15) is 13.8 Å². The highest BCUT2D eigenvalue weighted by atomic mass is 32.2. The molecular formula is C11H24N2O3S. The van der Waals surface area contributed by atoms with Crippen LogP contribution in [0.2, 0.25) is 0 Å². The molecule has 3 N–H and O–H groups in total. The summed E-state index contributed by atoms with van der Waals surface area (Å²) >= 11 is 1.58. The molecule has 0 aliphatic heterocycles. The van der Waals surface area contributed by atoms with Crippen LogP contribution in [0.4, 0.5) is 0 Å². The second-order valence-electron chi connectivity index (χ2n) is 4.32. The summed E-state index contributed by atoms with van der Waals surface area (Å²) < 4.78 is 4.84. The lowest BCUT2D eigenvalue weighted by Gasteiger charge is -2.24. The van der Waals surface area contributed by atoms with Crippen molar-refractivity contribution in [3.05, 3.63) is 0 Å². The van der Waals surface area contributed by atoms with Crippen LogP contribution in [0.5, 0.6) is 0 Å². The summed E-state index contributed by atoms with van der Waals surface area (Å²) in [5.74, 6) is 0.555. The Bertz CT molecular complexity index is 225. The fourth-order valence-corrected chi connectivity index (χ4v) is 1.98. The third kappa shape index (κ3) is 8.43. The van der Waals surface area contributed by atoms with E-state index in [9.17, 15) is 9.90 Å². The number of methoxy groups -OCH3 is 1. The van der Waals surface area contributed by atoms with E-state index >= 15 is 0 Å². The van der Waals surface area contributed by atoms with Crippen LogP contribution in [-0.4, -0.2) is 61.5 Å². The smallest absolute Gasteiger partial charge is 0.236 e. The molecule has 2 atom stereocenters. The minimum Gasteiger partial charge on any atom is -0.388 e. The van der Waals surface area contributed by atoms with E-state index in [-0.39, 0.29) is 11.9 Å². The predicted molar refractivity (Wildman–Crippen MR) is 71.4 cm³/mol. The van der Waals surface area contributed by atoms with Crippen molar-refractivity contribution in [3.63, 3.8) is 0 Å². The molecule has 0 heterocycles. The quantitative estimate of drug-likeness (QED) is 0.505. The number of hydrogen-bond acceptors (Lipinski definition) is 5. The van der Waals surface area contributed by atoms with Gasteiger partial charge >= 0.3 is 0 Å². The molecule has 5 nitrogen and oxygen atoms in total. The van der Waals surface area contributed by atoms with Gasteiger partial charge in [0.2, 0.25) is 5.91 Å². The Labute approximate surface area is 108 Å². The van der Waals surface area contributed by atoms with E-state index in [1.54, 1.807) is 32.7 Å². The highest BCUT2D eigenvalue weighted by molar-refractivity contribution is 7.98. The number of nitrogens with one attached hydrogen (secondary N) is 2. The summed E-state index contributed by atoms with van der Waals surface area (Å²) in [6.45, 7) is 4.93. The maximum atomic E-state index is 11.6. The van der Waals surface area contributed by atoms with Gasteiger partial charge in [0.15, 0.2) is 0 Å². The number of hydrogen-bond donors (Lipinski definition) is 3. The van der Waals surface area contributed by atoms with Crippen molar-refractivity contribution < 1.29 is 14.6 Å². The van der Waals surface area contributed by atoms with Crippen LogP contribution in [0.3, 0.4) is 0 Å². The number of thioether (sulfide) groups is 1. The molecule has 0 aliphatic carbocycles. The van der Waals surface area contributed by atoms with Gasteiger partial charge in [-0.05, 0) is 20.1 Å². The fourth-order valence-electron chi connectivity index (χ4n) is 1.26. The molecule has 6 heteroatoms. The first-order valence-corrected chi connectivity index (χ1v) is 7.03. The lowest BCUT2D eigenvalue weighted by molar-refractivity contribution is -0.123. The molecule has 102 valence electrons. The monoisotopic (exact) mass is 264 g/mol. The average Bonchev–Trinajstić information content (AvgIpc) is 2.26. The Morgan fingerprint density at radius 2 is 2.24 bits per heavy atom. The largest absolute Gasteiger partial charge is 0.388 e. The maximum absolute atomic E-state index is 11.6. The molecule has 0 aromatic heterocycles. The van der Waals surface area contributed by atoms with Crippen molar-refractivity contribution in [1.82, 2.24) is 10.6 Å². The molecule has 0 spiro atoms. The minimum absolute atomic E-state index is 0.0815. The molecule has 0 bridgehead atoms.